The lowest BCUT2D eigenvalue weighted by molar-refractivity contribution is -0.274. The number of carbonyl (C=O) groups excluding carboxylic acids is 1. The fourth-order valence-electron chi connectivity index (χ4n) is 0.768. The van der Waals surface area contributed by atoms with Crippen molar-refractivity contribution in [2.24, 2.45) is 5.92 Å². The van der Waals surface area contributed by atoms with E-state index in [2.05, 4.69) is 22.5 Å². The van der Waals surface area contributed by atoms with Crippen molar-refractivity contribution in [2.45, 2.75) is 12.4 Å². The molecule has 0 aliphatic heterocycles. The molecule has 1 N–H and O–H groups in total. The fraction of sp³-hybridized carbons (Fsp3) is 0.571. The van der Waals surface area contributed by atoms with E-state index in [0.29, 0.717) is 0 Å². The summed E-state index contributed by atoms with van der Waals surface area (Å²) >= 11 is 2.68. The molecule has 94 valence electrons. The summed E-state index contributed by atoms with van der Waals surface area (Å²) in [6.07, 6.45) is -11.3. The van der Waals surface area contributed by atoms with Crippen LogP contribution in [0.25, 0.3) is 0 Å². The Morgan fingerprint density at radius 2 is 1.56 bits per heavy atom. The lowest BCUT2D eigenvalue weighted by atomic mass is 10.1. The Hall–Kier alpha value is -0.730. The summed E-state index contributed by atoms with van der Waals surface area (Å²) in [6.45, 7) is 2.64. The summed E-state index contributed by atoms with van der Waals surface area (Å²) in [7, 11) is 0. The van der Waals surface area contributed by atoms with E-state index in [1.807, 2.05) is 0 Å². The first-order valence-corrected chi connectivity index (χ1v) is 4.50. The summed E-state index contributed by atoms with van der Waals surface area (Å²) in [5.41, 5.74) is 0. The molecule has 0 rings (SSSR count). The van der Waals surface area contributed by atoms with Crippen LogP contribution in [0.15, 0.2) is 11.1 Å². The van der Waals surface area contributed by atoms with Crippen LogP contribution in [0.3, 0.4) is 0 Å². The molecule has 1 amide bonds. The van der Waals surface area contributed by atoms with E-state index in [9.17, 15) is 31.1 Å². The highest BCUT2D eigenvalue weighted by Gasteiger charge is 2.60. The molecular weight excluding hydrogens is 308 g/mol. The largest absolute Gasteiger partial charge is 0.409 e. The third kappa shape index (κ3) is 4.86. The highest BCUT2D eigenvalue weighted by atomic mass is 79.9. The average molecular weight is 314 g/mol. The van der Waals surface area contributed by atoms with E-state index < -0.39 is 30.7 Å². The number of alkyl halides is 6. The first-order valence-electron chi connectivity index (χ1n) is 3.70. The highest BCUT2D eigenvalue weighted by molar-refractivity contribution is 9.11. The average Bonchev–Trinajstić information content (AvgIpc) is 1.94. The lowest BCUT2D eigenvalue weighted by Crippen LogP contribution is -2.48. The van der Waals surface area contributed by atoms with Gasteiger partial charge < -0.3 is 5.32 Å². The van der Waals surface area contributed by atoms with Gasteiger partial charge in [0.25, 0.3) is 0 Å². The minimum Gasteiger partial charge on any atom is -0.351 e. The van der Waals surface area contributed by atoms with Gasteiger partial charge in [0.15, 0.2) is 0 Å². The van der Waals surface area contributed by atoms with Crippen molar-refractivity contribution >= 4 is 21.8 Å². The number of rotatable bonds is 3. The van der Waals surface area contributed by atoms with Crippen LogP contribution in [-0.4, -0.2) is 24.8 Å². The quantitative estimate of drug-likeness (QED) is 0.798. The zero-order valence-electron chi connectivity index (χ0n) is 7.55. The van der Waals surface area contributed by atoms with Gasteiger partial charge in [0, 0.05) is 11.0 Å². The molecule has 0 aliphatic carbocycles. The number of hydrogen-bond donors (Lipinski definition) is 1. The van der Waals surface area contributed by atoms with Crippen LogP contribution in [0, 0.1) is 5.92 Å². The maximum Gasteiger partial charge on any atom is 0.409 e. The van der Waals surface area contributed by atoms with Gasteiger partial charge >= 0.3 is 12.4 Å². The second-order valence-corrected chi connectivity index (χ2v) is 3.87. The number of amides is 1. The monoisotopic (exact) mass is 313 g/mol. The van der Waals surface area contributed by atoms with Crippen LogP contribution >= 0.6 is 15.9 Å². The van der Waals surface area contributed by atoms with Crippen LogP contribution < -0.4 is 5.32 Å². The maximum absolute atomic E-state index is 12.0. The molecule has 0 unspecified atom stereocenters. The van der Waals surface area contributed by atoms with Gasteiger partial charge in [-0.2, -0.15) is 26.3 Å². The minimum absolute atomic E-state index is 0.0592. The molecule has 0 fully saturated rings. The topological polar surface area (TPSA) is 29.1 Å². The predicted octanol–water partition coefficient (Wildman–Crippen LogP) is 2.75. The first kappa shape index (κ1) is 15.3. The Kier molecular flexibility index (Phi) is 4.84. The van der Waals surface area contributed by atoms with Crippen molar-refractivity contribution in [1.29, 1.82) is 0 Å². The van der Waals surface area contributed by atoms with E-state index in [0.717, 1.165) is 0 Å². The van der Waals surface area contributed by atoms with Gasteiger partial charge in [0.1, 0.15) is 0 Å². The summed E-state index contributed by atoms with van der Waals surface area (Å²) in [5, 5.41) is 1.47. The molecule has 0 spiro atoms. The van der Waals surface area contributed by atoms with Gasteiger partial charge in [-0.3, -0.25) is 4.79 Å². The number of nitrogens with one attached hydrogen (secondary N) is 1. The molecule has 0 atom stereocenters. The van der Waals surface area contributed by atoms with Crippen LogP contribution in [0.4, 0.5) is 26.3 Å². The van der Waals surface area contributed by atoms with Crippen LogP contribution in [0.1, 0.15) is 0 Å². The van der Waals surface area contributed by atoms with Crippen LogP contribution in [-0.2, 0) is 4.79 Å². The molecule has 0 aromatic carbocycles. The summed E-state index contributed by atoms with van der Waals surface area (Å²) in [4.78, 5) is 10.7. The molecule has 0 bridgehead atoms. The van der Waals surface area contributed by atoms with Crippen LogP contribution in [0.5, 0.6) is 0 Å². The van der Waals surface area contributed by atoms with Crippen molar-refractivity contribution in [2.75, 3.05) is 6.54 Å². The lowest BCUT2D eigenvalue weighted by Gasteiger charge is -2.21. The zero-order chi connectivity index (χ0) is 13.1. The second-order valence-electron chi connectivity index (χ2n) is 2.75. The molecule has 0 heterocycles. The van der Waals surface area contributed by atoms with Gasteiger partial charge in [0.05, 0.1) is 0 Å². The first-order chi connectivity index (χ1) is 6.96. The van der Waals surface area contributed by atoms with Gasteiger partial charge in [0.2, 0.25) is 11.8 Å². The number of hydrogen-bond acceptors (Lipinski definition) is 1. The smallest absolute Gasteiger partial charge is 0.351 e. The molecule has 0 saturated carbocycles. The second kappa shape index (κ2) is 5.07. The molecule has 9 heteroatoms. The Bertz CT molecular complexity index is 270. The Balaban J connectivity index is 4.80. The van der Waals surface area contributed by atoms with E-state index >= 15 is 0 Å². The number of halogens is 7. The van der Waals surface area contributed by atoms with Crippen molar-refractivity contribution in [3.05, 3.63) is 11.1 Å². The molecule has 0 aliphatic rings. The summed E-state index contributed by atoms with van der Waals surface area (Å²) < 4.78 is 71.9. The van der Waals surface area contributed by atoms with Crippen molar-refractivity contribution in [3.63, 3.8) is 0 Å². The highest BCUT2D eigenvalue weighted by Crippen LogP contribution is 2.39. The van der Waals surface area contributed by atoms with E-state index in [4.69, 9.17) is 0 Å². The van der Waals surface area contributed by atoms with Gasteiger partial charge in [-0.15, -0.1) is 0 Å². The van der Waals surface area contributed by atoms with E-state index in [1.54, 1.807) is 0 Å². The van der Waals surface area contributed by atoms with Crippen molar-refractivity contribution < 1.29 is 31.1 Å². The molecule has 0 radical (unpaired) electrons. The molecule has 0 aromatic heterocycles. The van der Waals surface area contributed by atoms with Crippen LogP contribution in [0.2, 0.25) is 0 Å². The molecule has 0 aromatic rings. The van der Waals surface area contributed by atoms with Gasteiger partial charge in [-0.25, -0.2) is 0 Å². The van der Waals surface area contributed by atoms with Gasteiger partial charge in [-0.1, -0.05) is 22.5 Å². The minimum atomic E-state index is -5.67. The molecule has 0 saturated heterocycles. The Labute approximate surface area is 94.8 Å². The van der Waals surface area contributed by atoms with Crippen molar-refractivity contribution in [3.8, 4) is 0 Å². The Morgan fingerprint density at radius 1 is 1.19 bits per heavy atom. The Morgan fingerprint density at radius 3 is 1.81 bits per heavy atom. The standard InChI is InChI=1S/C7H6BrF6NO/c1-3(8)2-15-5(16)4(6(9,10)11)7(12,13)14/h4H,1-2H2,(H,15,16). The number of carbonyl (C=O) groups is 1. The third-order valence-electron chi connectivity index (χ3n) is 1.37. The van der Waals surface area contributed by atoms with Crippen molar-refractivity contribution in [1.82, 2.24) is 5.32 Å². The molecule has 2 nitrogen and oxygen atoms in total. The molecule has 16 heavy (non-hydrogen) atoms. The maximum atomic E-state index is 12.0. The normalized spacial score (nSPS) is 12.8. The molecular formula is C7H6BrF6NO. The van der Waals surface area contributed by atoms with E-state index in [-0.39, 0.29) is 4.48 Å². The summed E-state index contributed by atoms with van der Waals surface area (Å²) in [5.74, 6) is -6.17. The summed E-state index contributed by atoms with van der Waals surface area (Å²) in [6, 6.07) is 0. The SMILES string of the molecule is C=C(Br)CNC(=O)C(C(F)(F)F)C(F)(F)F. The predicted molar refractivity (Wildman–Crippen MR) is 46.7 cm³/mol. The van der Waals surface area contributed by atoms with Gasteiger partial charge in [-0.05, 0) is 0 Å². The fourth-order valence-corrected chi connectivity index (χ4v) is 0.908. The third-order valence-corrected chi connectivity index (χ3v) is 1.65. The van der Waals surface area contributed by atoms with E-state index in [1.165, 1.54) is 5.32 Å². The zero-order valence-corrected chi connectivity index (χ0v) is 9.13.